The van der Waals surface area contributed by atoms with Crippen LogP contribution in [0, 0.1) is 6.92 Å². The number of aromatic nitrogens is 2. The fraction of sp³-hybridized carbons (Fsp3) is 0.458. The SMILES string of the molecule is C=C(/C=N\C(C)C(F)(F)F)N(C)c1cc(C)c(-c2ccc(C3CCCCC3)cc2)nn1. The molecular weight excluding hydrogens is 401 g/mol. The molecular formula is C24H29F3N4. The molecule has 31 heavy (non-hydrogen) atoms. The number of hydrogen-bond acceptors (Lipinski definition) is 4. The fourth-order valence-electron chi connectivity index (χ4n) is 3.79. The molecule has 1 atom stereocenters. The summed E-state index contributed by atoms with van der Waals surface area (Å²) >= 11 is 0. The second-order valence-electron chi connectivity index (χ2n) is 8.24. The number of aryl methyl sites for hydroxylation is 1. The van der Waals surface area contributed by atoms with Gasteiger partial charge in [-0.1, -0.05) is 50.1 Å². The Morgan fingerprint density at radius 1 is 1.16 bits per heavy atom. The topological polar surface area (TPSA) is 41.4 Å². The first-order valence-corrected chi connectivity index (χ1v) is 10.6. The summed E-state index contributed by atoms with van der Waals surface area (Å²) in [5, 5.41) is 8.63. The maximum absolute atomic E-state index is 12.6. The summed E-state index contributed by atoms with van der Waals surface area (Å²) in [5.41, 5.74) is 4.40. The minimum absolute atomic E-state index is 0.300. The van der Waals surface area contributed by atoms with Gasteiger partial charge in [0.15, 0.2) is 5.82 Å². The van der Waals surface area contributed by atoms with Gasteiger partial charge in [-0.3, -0.25) is 4.99 Å². The van der Waals surface area contributed by atoms with Crippen molar-refractivity contribution in [3.05, 3.63) is 53.7 Å². The molecule has 1 saturated carbocycles. The average Bonchev–Trinajstić information content (AvgIpc) is 2.76. The van der Waals surface area contributed by atoms with Gasteiger partial charge in [0.1, 0.15) is 6.04 Å². The zero-order valence-electron chi connectivity index (χ0n) is 18.3. The summed E-state index contributed by atoms with van der Waals surface area (Å²) in [6.45, 7) is 6.74. The first kappa shape index (κ1) is 23.0. The molecule has 0 aliphatic heterocycles. The van der Waals surface area contributed by atoms with E-state index in [2.05, 4.69) is 46.0 Å². The van der Waals surface area contributed by atoms with Crippen molar-refractivity contribution < 1.29 is 13.2 Å². The van der Waals surface area contributed by atoms with Gasteiger partial charge in [0.25, 0.3) is 0 Å². The third-order valence-corrected chi connectivity index (χ3v) is 5.93. The zero-order valence-corrected chi connectivity index (χ0v) is 18.3. The molecule has 0 bridgehead atoms. The number of halogens is 3. The standard InChI is InChI=1S/C24H29F3N4/c1-16-14-22(31(4)17(2)15-28-18(3)24(25,26)27)29-30-23(16)21-12-10-20(11-13-21)19-8-6-5-7-9-19/h10-15,18-19H,2,5-9H2,1,3-4H3/b28-15-. The number of rotatable bonds is 6. The Morgan fingerprint density at radius 3 is 2.39 bits per heavy atom. The van der Waals surface area contributed by atoms with Crippen LogP contribution >= 0.6 is 0 Å². The molecule has 1 aliphatic carbocycles. The molecule has 4 nitrogen and oxygen atoms in total. The molecule has 1 aromatic heterocycles. The summed E-state index contributed by atoms with van der Waals surface area (Å²) in [4.78, 5) is 5.11. The lowest BCUT2D eigenvalue weighted by Gasteiger charge is -2.22. The van der Waals surface area contributed by atoms with Crippen molar-refractivity contribution in [1.82, 2.24) is 10.2 Å². The van der Waals surface area contributed by atoms with Crippen LogP contribution in [0.5, 0.6) is 0 Å². The molecule has 1 aromatic carbocycles. The number of anilines is 1. The van der Waals surface area contributed by atoms with Gasteiger partial charge < -0.3 is 4.90 Å². The molecule has 0 radical (unpaired) electrons. The minimum Gasteiger partial charge on any atom is -0.327 e. The molecule has 0 N–H and O–H groups in total. The summed E-state index contributed by atoms with van der Waals surface area (Å²) in [7, 11) is 1.68. The average molecular weight is 431 g/mol. The third-order valence-electron chi connectivity index (χ3n) is 5.93. The van der Waals surface area contributed by atoms with Crippen LogP contribution in [-0.4, -0.2) is 35.7 Å². The van der Waals surface area contributed by atoms with Crippen LogP contribution in [-0.2, 0) is 0 Å². The largest absolute Gasteiger partial charge is 0.410 e. The molecule has 3 rings (SSSR count). The molecule has 7 heteroatoms. The Balaban J connectivity index is 1.72. The lowest BCUT2D eigenvalue weighted by atomic mass is 9.84. The normalized spacial score (nSPS) is 16.5. The van der Waals surface area contributed by atoms with Crippen LogP contribution in [0.3, 0.4) is 0 Å². The Bertz CT molecular complexity index is 929. The van der Waals surface area contributed by atoms with Gasteiger partial charge in [0.05, 0.1) is 11.4 Å². The third kappa shape index (κ3) is 5.71. The van der Waals surface area contributed by atoms with Crippen LogP contribution in [0.25, 0.3) is 11.3 Å². The molecule has 1 unspecified atom stereocenters. The summed E-state index contributed by atoms with van der Waals surface area (Å²) in [6, 6.07) is 8.62. The van der Waals surface area contributed by atoms with Crippen LogP contribution in [0.4, 0.5) is 19.0 Å². The van der Waals surface area contributed by atoms with Crippen molar-refractivity contribution in [2.24, 2.45) is 4.99 Å². The summed E-state index contributed by atoms with van der Waals surface area (Å²) in [6.07, 6.45) is 3.20. The van der Waals surface area contributed by atoms with Crippen molar-refractivity contribution >= 4 is 12.0 Å². The number of allylic oxidation sites excluding steroid dienone is 1. The molecule has 0 spiro atoms. The highest BCUT2D eigenvalue weighted by atomic mass is 19.4. The van der Waals surface area contributed by atoms with Crippen molar-refractivity contribution in [3.8, 4) is 11.3 Å². The number of alkyl halides is 3. The second-order valence-corrected chi connectivity index (χ2v) is 8.24. The molecule has 1 fully saturated rings. The maximum atomic E-state index is 12.6. The van der Waals surface area contributed by atoms with Crippen molar-refractivity contribution in [1.29, 1.82) is 0 Å². The second kappa shape index (κ2) is 9.62. The lowest BCUT2D eigenvalue weighted by molar-refractivity contribution is -0.142. The number of nitrogens with zero attached hydrogens (tertiary/aromatic N) is 4. The van der Waals surface area contributed by atoms with E-state index in [1.807, 2.05) is 13.0 Å². The van der Waals surface area contributed by atoms with Gasteiger partial charge in [-0.25, -0.2) is 0 Å². The first-order valence-electron chi connectivity index (χ1n) is 10.6. The number of hydrogen-bond donors (Lipinski definition) is 0. The van der Waals surface area contributed by atoms with E-state index < -0.39 is 12.2 Å². The highest BCUT2D eigenvalue weighted by Gasteiger charge is 2.35. The van der Waals surface area contributed by atoms with E-state index in [0.29, 0.717) is 17.4 Å². The van der Waals surface area contributed by atoms with E-state index >= 15 is 0 Å². The van der Waals surface area contributed by atoms with Gasteiger partial charge in [-0.05, 0) is 49.8 Å². The molecule has 0 saturated heterocycles. The summed E-state index contributed by atoms with van der Waals surface area (Å²) in [5.74, 6) is 1.15. The highest BCUT2D eigenvalue weighted by molar-refractivity contribution is 5.83. The Labute approximate surface area is 181 Å². The van der Waals surface area contributed by atoms with Crippen molar-refractivity contribution in [3.63, 3.8) is 0 Å². The van der Waals surface area contributed by atoms with Gasteiger partial charge in [0.2, 0.25) is 0 Å². The predicted octanol–water partition coefficient (Wildman–Crippen LogP) is 6.47. The fourth-order valence-corrected chi connectivity index (χ4v) is 3.79. The molecule has 2 aromatic rings. The first-order chi connectivity index (χ1) is 14.7. The quantitative estimate of drug-likeness (QED) is 0.493. The highest BCUT2D eigenvalue weighted by Crippen LogP contribution is 2.34. The van der Waals surface area contributed by atoms with Crippen molar-refractivity contribution in [2.45, 2.75) is 64.1 Å². The van der Waals surface area contributed by atoms with Crippen LogP contribution < -0.4 is 4.90 Å². The number of benzene rings is 1. The lowest BCUT2D eigenvalue weighted by Crippen LogP contribution is -2.25. The molecule has 166 valence electrons. The Kier molecular flexibility index (Phi) is 7.13. The van der Waals surface area contributed by atoms with E-state index in [0.717, 1.165) is 30.0 Å². The van der Waals surface area contributed by atoms with Crippen molar-refractivity contribution in [2.75, 3.05) is 11.9 Å². The van der Waals surface area contributed by atoms with Gasteiger partial charge in [-0.2, -0.15) is 13.2 Å². The Morgan fingerprint density at radius 2 is 1.81 bits per heavy atom. The van der Waals surface area contributed by atoms with E-state index in [9.17, 15) is 13.2 Å². The van der Waals surface area contributed by atoms with E-state index in [-0.39, 0.29) is 0 Å². The number of aliphatic imine (C=N–C) groups is 1. The van der Waals surface area contributed by atoms with Gasteiger partial charge >= 0.3 is 6.18 Å². The van der Waals surface area contributed by atoms with E-state index in [4.69, 9.17) is 0 Å². The Hall–Kier alpha value is -2.70. The van der Waals surface area contributed by atoms with Crippen LogP contribution in [0.15, 0.2) is 47.6 Å². The zero-order chi connectivity index (χ0) is 22.6. The molecule has 0 amide bonds. The smallest absolute Gasteiger partial charge is 0.327 e. The predicted molar refractivity (Wildman–Crippen MR) is 120 cm³/mol. The minimum atomic E-state index is -4.38. The summed E-state index contributed by atoms with van der Waals surface area (Å²) < 4.78 is 37.9. The van der Waals surface area contributed by atoms with E-state index in [1.54, 1.807) is 11.9 Å². The van der Waals surface area contributed by atoms with E-state index in [1.165, 1.54) is 37.7 Å². The molecule has 1 heterocycles. The van der Waals surface area contributed by atoms with Gasteiger partial charge in [0, 0.05) is 18.8 Å². The van der Waals surface area contributed by atoms with Gasteiger partial charge in [-0.15, -0.1) is 10.2 Å². The van der Waals surface area contributed by atoms with Crippen LogP contribution in [0.2, 0.25) is 0 Å². The van der Waals surface area contributed by atoms with Crippen LogP contribution in [0.1, 0.15) is 56.1 Å². The monoisotopic (exact) mass is 430 g/mol. The maximum Gasteiger partial charge on any atom is 0.410 e. The molecule has 1 aliphatic rings.